The second-order valence-corrected chi connectivity index (χ2v) is 3.26. The first-order valence-electron chi connectivity index (χ1n) is 4.53. The molecular formula is C9H11N3O4. The van der Waals surface area contributed by atoms with Crippen LogP contribution in [-0.2, 0) is 4.79 Å². The Hall–Kier alpha value is -2.18. The molecule has 0 fully saturated rings. The van der Waals surface area contributed by atoms with Crippen molar-refractivity contribution in [3.05, 3.63) is 27.9 Å². The van der Waals surface area contributed by atoms with Gasteiger partial charge >= 0.3 is 5.97 Å². The minimum absolute atomic E-state index is 0.0893. The molecule has 0 amide bonds. The number of rotatable bonds is 4. The molecule has 7 heteroatoms. The predicted octanol–water partition coefficient (Wildman–Crippen LogP) is 1.18. The normalized spacial score (nSPS) is 11.9. The highest BCUT2D eigenvalue weighted by Crippen LogP contribution is 2.18. The zero-order valence-corrected chi connectivity index (χ0v) is 8.80. The third-order valence-electron chi connectivity index (χ3n) is 1.99. The third kappa shape index (κ3) is 2.66. The fraction of sp³-hybridized carbons (Fsp3) is 0.333. The maximum absolute atomic E-state index is 10.6. The van der Waals surface area contributed by atoms with Gasteiger partial charge in [0.1, 0.15) is 17.6 Å². The topological polar surface area (TPSA) is 105 Å². The number of carbonyl (C=O) groups is 1. The van der Waals surface area contributed by atoms with Crippen molar-refractivity contribution in [3.8, 4) is 0 Å². The summed E-state index contributed by atoms with van der Waals surface area (Å²) in [6.45, 7) is 2.95. The molecule has 1 unspecified atom stereocenters. The van der Waals surface area contributed by atoms with Crippen LogP contribution in [0.15, 0.2) is 12.1 Å². The lowest BCUT2D eigenvalue weighted by molar-refractivity contribution is -0.385. The first kappa shape index (κ1) is 11.9. The van der Waals surface area contributed by atoms with Crippen LogP contribution in [0.1, 0.15) is 12.6 Å². The SMILES string of the molecule is Cc1nc(NC(C)C(=O)O)ccc1[N+](=O)[O-]. The van der Waals surface area contributed by atoms with Gasteiger partial charge in [-0.15, -0.1) is 0 Å². The van der Waals surface area contributed by atoms with Crippen LogP contribution in [0.3, 0.4) is 0 Å². The van der Waals surface area contributed by atoms with E-state index in [1.165, 1.54) is 26.0 Å². The zero-order valence-electron chi connectivity index (χ0n) is 8.80. The van der Waals surface area contributed by atoms with Crippen LogP contribution < -0.4 is 5.32 Å². The van der Waals surface area contributed by atoms with E-state index in [-0.39, 0.29) is 11.4 Å². The molecule has 0 saturated carbocycles. The van der Waals surface area contributed by atoms with E-state index in [4.69, 9.17) is 5.11 Å². The van der Waals surface area contributed by atoms with Gasteiger partial charge in [0, 0.05) is 6.07 Å². The third-order valence-corrected chi connectivity index (χ3v) is 1.99. The maximum Gasteiger partial charge on any atom is 0.325 e. The number of nitro groups is 1. The highest BCUT2D eigenvalue weighted by molar-refractivity contribution is 5.76. The highest BCUT2D eigenvalue weighted by atomic mass is 16.6. The van der Waals surface area contributed by atoms with Gasteiger partial charge in [-0.2, -0.15) is 0 Å². The van der Waals surface area contributed by atoms with Crippen molar-refractivity contribution in [1.82, 2.24) is 4.98 Å². The average Bonchev–Trinajstić information content (AvgIpc) is 2.16. The second-order valence-electron chi connectivity index (χ2n) is 3.26. The number of carboxylic acid groups (broad SMARTS) is 1. The largest absolute Gasteiger partial charge is 0.480 e. The van der Waals surface area contributed by atoms with Crippen LogP contribution in [0, 0.1) is 17.0 Å². The lowest BCUT2D eigenvalue weighted by atomic mass is 10.3. The standard InChI is InChI=1S/C9H11N3O4/c1-5-7(12(15)16)3-4-8(10-5)11-6(2)9(13)14/h3-4,6H,1-2H3,(H,10,11)(H,13,14). The molecule has 86 valence electrons. The Morgan fingerprint density at radius 3 is 2.69 bits per heavy atom. The van der Waals surface area contributed by atoms with Crippen LogP contribution in [-0.4, -0.2) is 27.0 Å². The summed E-state index contributed by atoms with van der Waals surface area (Å²) in [5, 5.41) is 21.8. The lowest BCUT2D eigenvalue weighted by Crippen LogP contribution is -2.25. The van der Waals surface area contributed by atoms with E-state index in [0.717, 1.165) is 0 Å². The van der Waals surface area contributed by atoms with Gasteiger partial charge in [-0.05, 0) is 19.9 Å². The van der Waals surface area contributed by atoms with E-state index in [0.29, 0.717) is 5.82 Å². The fourth-order valence-electron chi connectivity index (χ4n) is 1.11. The molecule has 0 aliphatic carbocycles. The van der Waals surface area contributed by atoms with Gasteiger partial charge in [-0.3, -0.25) is 14.9 Å². The average molecular weight is 225 g/mol. The first-order valence-corrected chi connectivity index (χ1v) is 4.53. The smallest absolute Gasteiger partial charge is 0.325 e. The Kier molecular flexibility index (Phi) is 3.39. The molecule has 0 saturated heterocycles. The Bertz CT molecular complexity index is 433. The lowest BCUT2D eigenvalue weighted by Gasteiger charge is -2.09. The molecule has 1 aromatic heterocycles. The van der Waals surface area contributed by atoms with Crippen LogP contribution in [0.2, 0.25) is 0 Å². The van der Waals surface area contributed by atoms with E-state index < -0.39 is 16.9 Å². The summed E-state index contributed by atoms with van der Waals surface area (Å²) in [7, 11) is 0. The number of hydrogen-bond acceptors (Lipinski definition) is 5. The highest BCUT2D eigenvalue weighted by Gasteiger charge is 2.14. The van der Waals surface area contributed by atoms with Crippen molar-refractivity contribution in [2.24, 2.45) is 0 Å². The molecule has 0 radical (unpaired) electrons. The van der Waals surface area contributed by atoms with Gasteiger partial charge in [-0.1, -0.05) is 0 Å². The molecule has 1 heterocycles. The molecule has 0 aromatic carbocycles. The van der Waals surface area contributed by atoms with Crippen molar-refractivity contribution >= 4 is 17.5 Å². The van der Waals surface area contributed by atoms with Crippen LogP contribution >= 0.6 is 0 Å². The molecule has 0 aliphatic rings. The van der Waals surface area contributed by atoms with E-state index in [1.807, 2.05) is 0 Å². The number of aliphatic carboxylic acids is 1. The van der Waals surface area contributed by atoms with Crippen molar-refractivity contribution in [2.75, 3.05) is 5.32 Å². The Morgan fingerprint density at radius 1 is 1.62 bits per heavy atom. The monoisotopic (exact) mass is 225 g/mol. The van der Waals surface area contributed by atoms with Crippen molar-refractivity contribution in [3.63, 3.8) is 0 Å². The van der Waals surface area contributed by atoms with Gasteiger partial charge in [0.05, 0.1) is 4.92 Å². The molecule has 1 rings (SSSR count). The number of hydrogen-bond donors (Lipinski definition) is 2. The van der Waals surface area contributed by atoms with Crippen molar-refractivity contribution in [1.29, 1.82) is 0 Å². The van der Waals surface area contributed by atoms with E-state index in [2.05, 4.69) is 10.3 Å². The summed E-state index contributed by atoms with van der Waals surface area (Å²) in [6.07, 6.45) is 0. The summed E-state index contributed by atoms with van der Waals surface area (Å²) < 4.78 is 0. The van der Waals surface area contributed by atoms with E-state index >= 15 is 0 Å². The van der Waals surface area contributed by atoms with Crippen LogP contribution in [0.4, 0.5) is 11.5 Å². The number of aromatic nitrogens is 1. The summed E-state index contributed by atoms with van der Waals surface area (Å²) in [6, 6.07) is 1.87. The summed E-state index contributed by atoms with van der Waals surface area (Å²) >= 11 is 0. The molecule has 7 nitrogen and oxygen atoms in total. The summed E-state index contributed by atoms with van der Waals surface area (Å²) in [5.74, 6) is -0.712. The first-order chi connectivity index (χ1) is 7.41. The molecule has 0 bridgehead atoms. The number of pyridine rings is 1. The molecule has 16 heavy (non-hydrogen) atoms. The number of nitrogens with zero attached hydrogens (tertiary/aromatic N) is 2. The maximum atomic E-state index is 10.6. The quantitative estimate of drug-likeness (QED) is 0.588. The van der Waals surface area contributed by atoms with Gasteiger partial charge in [0.2, 0.25) is 0 Å². The number of anilines is 1. The molecule has 1 atom stereocenters. The molecule has 0 aliphatic heterocycles. The minimum Gasteiger partial charge on any atom is -0.480 e. The van der Waals surface area contributed by atoms with E-state index in [9.17, 15) is 14.9 Å². The second kappa shape index (κ2) is 4.56. The Labute approximate surface area is 91.3 Å². The summed E-state index contributed by atoms with van der Waals surface area (Å²) in [4.78, 5) is 24.4. The number of aryl methyl sites for hydroxylation is 1. The minimum atomic E-state index is -1.02. The fourth-order valence-corrected chi connectivity index (χ4v) is 1.11. The number of nitrogens with one attached hydrogen (secondary N) is 1. The van der Waals surface area contributed by atoms with Gasteiger partial charge in [0.15, 0.2) is 0 Å². The molecule has 2 N–H and O–H groups in total. The van der Waals surface area contributed by atoms with Gasteiger partial charge < -0.3 is 10.4 Å². The van der Waals surface area contributed by atoms with Gasteiger partial charge in [-0.25, -0.2) is 4.98 Å². The summed E-state index contributed by atoms with van der Waals surface area (Å²) in [5.41, 5.74) is 0.154. The Balaban J connectivity index is 2.89. The van der Waals surface area contributed by atoms with Crippen LogP contribution in [0.25, 0.3) is 0 Å². The molecular weight excluding hydrogens is 214 g/mol. The molecule has 1 aromatic rings. The Morgan fingerprint density at radius 2 is 2.25 bits per heavy atom. The van der Waals surface area contributed by atoms with E-state index in [1.54, 1.807) is 0 Å². The van der Waals surface area contributed by atoms with Crippen LogP contribution in [0.5, 0.6) is 0 Å². The molecule has 0 spiro atoms. The zero-order chi connectivity index (χ0) is 12.3. The van der Waals surface area contributed by atoms with Crippen molar-refractivity contribution < 1.29 is 14.8 Å². The van der Waals surface area contributed by atoms with Gasteiger partial charge in [0.25, 0.3) is 5.69 Å². The number of carboxylic acids is 1. The predicted molar refractivity (Wildman–Crippen MR) is 56.3 cm³/mol. The van der Waals surface area contributed by atoms with Crippen molar-refractivity contribution in [2.45, 2.75) is 19.9 Å².